The number of nitrogens with zero attached hydrogens (tertiary/aromatic N) is 3. The fourth-order valence-electron chi connectivity index (χ4n) is 2.39. The van der Waals surface area contributed by atoms with E-state index in [0.717, 1.165) is 11.7 Å². The van der Waals surface area contributed by atoms with E-state index in [0.29, 0.717) is 18.0 Å². The molecule has 1 aromatic rings. The summed E-state index contributed by atoms with van der Waals surface area (Å²) in [5.41, 5.74) is 0. The summed E-state index contributed by atoms with van der Waals surface area (Å²) in [7, 11) is 2.07. The zero-order valence-electron chi connectivity index (χ0n) is 11.3. The molecule has 2 rings (SSSR count). The van der Waals surface area contributed by atoms with Crippen LogP contribution in [0, 0.1) is 5.92 Å². The molecule has 0 radical (unpaired) electrons. The molecule has 1 fully saturated rings. The Labute approximate surface area is 103 Å². The Morgan fingerprint density at radius 3 is 2.41 bits per heavy atom. The molecular formula is C13H23N3O. The van der Waals surface area contributed by atoms with Crippen molar-refractivity contribution in [1.29, 1.82) is 0 Å². The molecule has 4 nitrogen and oxygen atoms in total. The van der Waals surface area contributed by atoms with Crippen molar-refractivity contribution >= 4 is 6.01 Å². The molecule has 0 amide bonds. The maximum atomic E-state index is 5.33. The third-order valence-corrected chi connectivity index (χ3v) is 3.78. The van der Waals surface area contributed by atoms with Crippen molar-refractivity contribution in [3.05, 3.63) is 5.82 Å². The SMILES string of the molecule is CC1CCC(N(C)c2nc(C(C)C)no2)CC1. The van der Waals surface area contributed by atoms with E-state index < -0.39 is 0 Å². The van der Waals surface area contributed by atoms with Gasteiger partial charge in [-0.2, -0.15) is 4.98 Å². The first-order valence-corrected chi connectivity index (χ1v) is 6.64. The van der Waals surface area contributed by atoms with Gasteiger partial charge in [0.25, 0.3) is 0 Å². The molecule has 0 atom stereocenters. The van der Waals surface area contributed by atoms with Crippen LogP contribution in [0.15, 0.2) is 4.52 Å². The second kappa shape index (κ2) is 5.07. The van der Waals surface area contributed by atoms with Crippen LogP contribution in [0.1, 0.15) is 58.2 Å². The Morgan fingerprint density at radius 1 is 1.24 bits per heavy atom. The second-order valence-electron chi connectivity index (χ2n) is 5.61. The van der Waals surface area contributed by atoms with Crippen LogP contribution in [0.3, 0.4) is 0 Å². The van der Waals surface area contributed by atoms with E-state index >= 15 is 0 Å². The van der Waals surface area contributed by atoms with E-state index in [-0.39, 0.29) is 0 Å². The first-order chi connectivity index (χ1) is 8.08. The quantitative estimate of drug-likeness (QED) is 0.809. The van der Waals surface area contributed by atoms with Gasteiger partial charge in [0.1, 0.15) is 0 Å². The van der Waals surface area contributed by atoms with Gasteiger partial charge in [0, 0.05) is 19.0 Å². The maximum absolute atomic E-state index is 5.33. The lowest BCUT2D eigenvalue weighted by Crippen LogP contribution is -2.35. The number of hydrogen-bond donors (Lipinski definition) is 0. The first-order valence-electron chi connectivity index (χ1n) is 6.64. The second-order valence-corrected chi connectivity index (χ2v) is 5.61. The lowest BCUT2D eigenvalue weighted by Gasteiger charge is -2.32. The highest BCUT2D eigenvalue weighted by Gasteiger charge is 2.25. The Hall–Kier alpha value is -1.06. The van der Waals surface area contributed by atoms with Crippen molar-refractivity contribution in [2.75, 3.05) is 11.9 Å². The minimum absolute atomic E-state index is 0.326. The Balaban J connectivity index is 2.01. The number of aromatic nitrogens is 2. The molecule has 1 aliphatic rings. The number of hydrogen-bond acceptors (Lipinski definition) is 4. The van der Waals surface area contributed by atoms with Crippen LogP contribution in [0.25, 0.3) is 0 Å². The van der Waals surface area contributed by atoms with Gasteiger partial charge in [-0.25, -0.2) is 0 Å². The predicted molar refractivity (Wildman–Crippen MR) is 68.2 cm³/mol. The molecule has 17 heavy (non-hydrogen) atoms. The van der Waals surface area contributed by atoms with Gasteiger partial charge in [-0.3, -0.25) is 0 Å². The molecule has 0 N–H and O–H groups in total. The summed E-state index contributed by atoms with van der Waals surface area (Å²) in [6, 6.07) is 1.24. The summed E-state index contributed by atoms with van der Waals surface area (Å²) in [5, 5.41) is 4.02. The fraction of sp³-hybridized carbons (Fsp3) is 0.846. The summed E-state index contributed by atoms with van der Waals surface area (Å²) in [4.78, 5) is 6.61. The average Bonchev–Trinajstić information content (AvgIpc) is 2.78. The monoisotopic (exact) mass is 237 g/mol. The molecule has 0 aliphatic heterocycles. The van der Waals surface area contributed by atoms with E-state index in [1.54, 1.807) is 0 Å². The van der Waals surface area contributed by atoms with Crippen molar-refractivity contribution in [3.63, 3.8) is 0 Å². The predicted octanol–water partition coefficient (Wildman–Crippen LogP) is 3.21. The molecule has 0 spiro atoms. The maximum Gasteiger partial charge on any atom is 0.324 e. The molecule has 4 heteroatoms. The van der Waals surface area contributed by atoms with Gasteiger partial charge < -0.3 is 9.42 Å². The minimum atomic E-state index is 0.326. The van der Waals surface area contributed by atoms with E-state index in [1.165, 1.54) is 25.7 Å². The highest BCUT2D eigenvalue weighted by Crippen LogP contribution is 2.29. The lowest BCUT2D eigenvalue weighted by atomic mass is 9.87. The van der Waals surface area contributed by atoms with E-state index in [9.17, 15) is 0 Å². The van der Waals surface area contributed by atoms with Gasteiger partial charge >= 0.3 is 6.01 Å². The van der Waals surface area contributed by atoms with Crippen LogP contribution in [0.5, 0.6) is 0 Å². The van der Waals surface area contributed by atoms with Crippen LogP contribution in [0.4, 0.5) is 6.01 Å². The zero-order valence-corrected chi connectivity index (χ0v) is 11.3. The van der Waals surface area contributed by atoms with Gasteiger partial charge in [-0.15, -0.1) is 0 Å². The Morgan fingerprint density at radius 2 is 1.88 bits per heavy atom. The Kier molecular flexibility index (Phi) is 3.69. The van der Waals surface area contributed by atoms with Gasteiger partial charge in [-0.05, 0) is 31.6 Å². The van der Waals surface area contributed by atoms with Crippen LogP contribution >= 0.6 is 0 Å². The smallest absolute Gasteiger partial charge is 0.324 e. The molecule has 0 aromatic carbocycles. The van der Waals surface area contributed by atoms with Crippen molar-refractivity contribution in [2.24, 2.45) is 5.92 Å². The van der Waals surface area contributed by atoms with Gasteiger partial charge in [0.05, 0.1) is 0 Å². The Bertz CT molecular complexity index is 353. The standard InChI is InChI=1S/C13H23N3O/c1-9(2)12-14-13(17-15-12)16(4)11-7-5-10(3)6-8-11/h9-11H,5-8H2,1-4H3. The average molecular weight is 237 g/mol. The highest BCUT2D eigenvalue weighted by atomic mass is 16.5. The van der Waals surface area contributed by atoms with Crippen LogP contribution < -0.4 is 4.90 Å². The number of rotatable bonds is 3. The first kappa shape index (κ1) is 12.4. The summed E-state index contributed by atoms with van der Waals surface area (Å²) in [5.74, 6) is 2.00. The summed E-state index contributed by atoms with van der Waals surface area (Å²) >= 11 is 0. The van der Waals surface area contributed by atoms with Crippen molar-refractivity contribution in [1.82, 2.24) is 10.1 Å². The third kappa shape index (κ3) is 2.79. The molecule has 1 aliphatic carbocycles. The highest BCUT2D eigenvalue weighted by molar-refractivity contribution is 5.26. The van der Waals surface area contributed by atoms with Gasteiger partial charge in [0.15, 0.2) is 5.82 Å². The zero-order chi connectivity index (χ0) is 12.4. The summed E-state index contributed by atoms with van der Waals surface area (Å²) < 4.78 is 5.33. The van der Waals surface area contributed by atoms with Crippen molar-refractivity contribution in [3.8, 4) is 0 Å². The fourth-order valence-corrected chi connectivity index (χ4v) is 2.39. The van der Waals surface area contributed by atoms with E-state index in [2.05, 4.69) is 42.9 Å². The van der Waals surface area contributed by atoms with Crippen molar-refractivity contribution in [2.45, 2.75) is 58.4 Å². The summed E-state index contributed by atoms with van der Waals surface area (Å²) in [6.07, 6.45) is 5.08. The molecule has 1 saturated carbocycles. The third-order valence-electron chi connectivity index (χ3n) is 3.78. The molecule has 1 aromatic heterocycles. The van der Waals surface area contributed by atoms with Gasteiger partial charge in [-0.1, -0.05) is 25.9 Å². The van der Waals surface area contributed by atoms with Crippen LogP contribution in [0.2, 0.25) is 0 Å². The largest absolute Gasteiger partial charge is 0.325 e. The molecule has 96 valence electrons. The molecule has 0 saturated heterocycles. The van der Waals surface area contributed by atoms with Gasteiger partial charge in [0.2, 0.25) is 0 Å². The normalized spacial score (nSPS) is 25.2. The molecule has 0 unspecified atom stereocenters. The van der Waals surface area contributed by atoms with E-state index in [1.807, 2.05) is 0 Å². The lowest BCUT2D eigenvalue weighted by molar-refractivity contribution is 0.322. The minimum Gasteiger partial charge on any atom is -0.325 e. The topological polar surface area (TPSA) is 42.2 Å². The molecule has 1 heterocycles. The van der Waals surface area contributed by atoms with Crippen LogP contribution in [-0.4, -0.2) is 23.2 Å². The number of anilines is 1. The van der Waals surface area contributed by atoms with E-state index in [4.69, 9.17) is 4.52 Å². The molecular weight excluding hydrogens is 214 g/mol. The summed E-state index contributed by atoms with van der Waals surface area (Å²) in [6.45, 7) is 6.49. The van der Waals surface area contributed by atoms with Crippen LogP contribution in [-0.2, 0) is 0 Å². The van der Waals surface area contributed by atoms with Crippen molar-refractivity contribution < 1.29 is 4.52 Å². The molecule has 0 bridgehead atoms.